The van der Waals surface area contributed by atoms with Crippen LogP contribution < -0.4 is 19.1 Å². The van der Waals surface area contributed by atoms with Gasteiger partial charge in [0.25, 0.3) is 0 Å². The zero-order valence-corrected chi connectivity index (χ0v) is 20.6. The van der Waals surface area contributed by atoms with Gasteiger partial charge in [0.2, 0.25) is 15.9 Å². The van der Waals surface area contributed by atoms with Crippen molar-refractivity contribution in [2.24, 2.45) is 0 Å². The van der Waals surface area contributed by atoms with Crippen LogP contribution >= 0.6 is 0 Å². The summed E-state index contributed by atoms with van der Waals surface area (Å²) in [6.45, 7) is 11.0. The molecule has 0 aliphatic carbocycles. The lowest BCUT2D eigenvalue weighted by atomic mass is 9.87. The molecule has 0 saturated heterocycles. The van der Waals surface area contributed by atoms with Gasteiger partial charge >= 0.3 is 0 Å². The summed E-state index contributed by atoms with van der Waals surface area (Å²) >= 11 is 0. The number of ether oxygens (including phenoxy) is 2. The van der Waals surface area contributed by atoms with E-state index in [4.69, 9.17) is 9.47 Å². The first kappa shape index (κ1) is 25.5. The van der Waals surface area contributed by atoms with Crippen LogP contribution in [0.4, 0.5) is 5.69 Å². The number of nitrogens with zero attached hydrogens (tertiary/aromatic N) is 1. The molecule has 32 heavy (non-hydrogen) atoms. The monoisotopic (exact) mass is 462 g/mol. The molecular weight excluding hydrogens is 428 g/mol. The van der Waals surface area contributed by atoms with E-state index in [1.165, 1.54) is 0 Å². The molecule has 0 fully saturated rings. The second-order valence-corrected chi connectivity index (χ2v) is 10.4. The van der Waals surface area contributed by atoms with Gasteiger partial charge in [-0.3, -0.25) is 9.10 Å². The van der Waals surface area contributed by atoms with E-state index >= 15 is 0 Å². The predicted octanol–water partition coefficient (Wildman–Crippen LogP) is 3.86. The van der Waals surface area contributed by atoms with Crippen molar-refractivity contribution in [3.8, 4) is 11.5 Å². The molecule has 0 aliphatic rings. The quantitative estimate of drug-likeness (QED) is 0.579. The van der Waals surface area contributed by atoms with Crippen LogP contribution in [0.3, 0.4) is 0 Å². The zero-order valence-electron chi connectivity index (χ0n) is 19.8. The Hall–Kier alpha value is -2.74. The molecule has 8 heteroatoms. The molecule has 0 heterocycles. The highest BCUT2D eigenvalue weighted by Crippen LogP contribution is 2.29. The molecule has 7 nitrogen and oxygen atoms in total. The van der Waals surface area contributed by atoms with Crippen LogP contribution in [-0.4, -0.2) is 40.3 Å². The van der Waals surface area contributed by atoms with E-state index in [-0.39, 0.29) is 18.5 Å². The number of anilines is 1. The Balaban J connectivity index is 2.11. The molecule has 0 saturated carbocycles. The lowest BCUT2D eigenvalue weighted by molar-refractivity contribution is -0.119. The summed E-state index contributed by atoms with van der Waals surface area (Å²) < 4.78 is 37.0. The number of nitrogens with one attached hydrogen (secondary N) is 1. The van der Waals surface area contributed by atoms with Gasteiger partial charge in [-0.15, -0.1) is 0 Å². The summed E-state index contributed by atoms with van der Waals surface area (Å²) in [5, 5.41) is 2.79. The Morgan fingerprint density at radius 3 is 2.09 bits per heavy atom. The Bertz CT molecular complexity index is 1010. The molecule has 1 N–H and O–H groups in total. The average Bonchev–Trinajstić information content (AvgIpc) is 2.71. The normalized spacial score (nSPS) is 11.7. The minimum Gasteiger partial charge on any atom is -0.490 e. The van der Waals surface area contributed by atoms with Crippen LogP contribution in [0.2, 0.25) is 0 Å². The maximum Gasteiger partial charge on any atom is 0.241 e. The second kappa shape index (κ2) is 10.7. The van der Waals surface area contributed by atoms with Gasteiger partial charge in [0, 0.05) is 6.54 Å². The summed E-state index contributed by atoms with van der Waals surface area (Å²) in [7, 11) is -3.63. The topological polar surface area (TPSA) is 84.9 Å². The van der Waals surface area contributed by atoms with Crippen molar-refractivity contribution in [1.29, 1.82) is 0 Å². The molecule has 0 unspecified atom stereocenters. The Kier molecular flexibility index (Phi) is 8.55. The largest absolute Gasteiger partial charge is 0.490 e. The van der Waals surface area contributed by atoms with Gasteiger partial charge in [-0.25, -0.2) is 8.42 Å². The number of carbonyl (C=O) groups is 1. The molecule has 2 aromatic rings. The number of benzene rings is 2. The standard InChI is InChI=1S/C24H34N2O5S/c1-7-30-21-14-9-18(15-22(21)31-8-2)16-25-23(27)17-26(32(6,28)29)20-12-10-19(11-13-20)24(3,4)5/h9-15H,7-8,16-17H2,1-6H3,(H,25,27). The minimum atomic E-state index is -3.63. The fourth-order valence-electron chi connectivity index (χ4n) is 3.12. The zero-order chi connectivity index (χ0) is 23.9. The smallest absolute Gasteiger partial charge is 0.241 e. The van der Waals surface area contributed by atoms with E-state index in [1.54, 1.807) is 18.2 Å². The van der Waals surface area contributed by atoms with Gasteiger partial charge in [0.05, 0.1) is 25.2 Å². The number of hydrogen-bond acceptors (Lipinski definition) is 5. The van der Waals surface area contributed by atoms with Crippen LogP contribution in [0.1, 0.15) is 45.7 Å². The fraction of sp³-hybridized carbons (Fsp3) is 0.458. The summed E-state index contributed by atoms with van der Waals surface area (Å²) in [5.74, 6) is 0.853. The van der Waals surface area contributed by atoms with Crippen LogP contribution in [-0.2, 0) is 26.8 Å². The highest BCUT2D eigenvalue weighted by atomic mass is 32.2. The third kappa shape index (κ3) is 7.15. The van der Waals surface area contributed by atoms with E-state index in [2.05, 4.69) is 26.1 Å². The summed E-state index contributed by atoms with van der Waals surface area (Å²) in [4.78, 5) is 12.6. The molecule has 176 valence electrons. The average molecular weight is 463 g/mol. The van der Waals surface area contributed by atoms with Crippen LogP contribution in [0, 0.1) is 0 Å². The molecule has 0 atom stereocenters. The van der Waals surface area contributed by atoms with E-state index < -0.39 is 15.9 Å². The second-order valence-electron chi connectivity index (χ2n) is 8.49. The van der Waals surface area contributed by atoms with Crippen LogP contribution in [0.15, 0.2) is 42.5 Å². The number of amides is 1. The van der Waals surface area contributed by atoms with Crippen molar-refractivity contribution < 1.29 is 22.7 Å². The third-order valence-corrected chi connectivity index (χ3v) is 5.95. The SMILES string of the molecule is CCOc1ccc(CNC(=O)CN(c2ccc(C(C)(C)C)cc2)S(C)(=O)=O)cc1OCC. The van der Waals surface area contributed by atoms with Crippen molar-refractivity contribution in [1.82, 2.24) is 5.32 Å². The first-order valence-corrected chi connectivity index (χ1v) is 12.5. The molecule has 0 aliphatic heterocycles. The number of hydrogen-bond donors (Lipinski definition) is 1. The highest BCUT2D eigenvalue weighted by molar-refractivity contribution is 7.92. The van der Waals surface area contributed by atoms with E-state index in [0.29, 0.717) is 30.4 Å². The summed E-state index contributed by atoms with van der Waals surface area (Å²) in [6.07, 6.45) is 1.10. The van der Waals surface area contributed by atoms with Crippen molar-refractivity contribution in [2.75, 3.05) is 30.3 Å². The molecule has 2 aromatic carbocycles. The maximum absolute atomic E-state index is 12.6. The molecule has 0 aromatic heterocycles. The Morgan fingerprint density at radius 1 is 0.969 bits per heavy atom. The predicted molar refractivity (Wildman–Crippen MR) is 128 cm³/mol. The van der Waals surface area contributed by atoms with Crippen LogP contribution in [0.25, 0.3) is 0 Å². The van der Waals surface area contributed by atoms with Crippen LogP contribution in [0.5, 0.6) is 11.5 Å². The Morgan fingerprint density at radius 2 is 1.56 bits per heavy atom. The first-order valence-electron chi connectivity index (χ1n) is 10.7. The summed E-state index contributed by atoms with van der Waals surface area (Å²) in [6, 6.07) is 12.7. The fourth-order valence-corrected chi connectivity index (χ4v) is 3.98. The number of carbonyl (C=O) groups excluding carboxylic acids is 1. The maximum atomic E-state index is 12.6. The molecule has 0 spiro atoms. The van der Waals surface area contributed by atoms with Crippen molar-refractivity contribution in [3.63, 3.8) is 0 Å². The van der Waals surface area contributed by atoms with E-state index in [9.17, 15) is 13.2 Å². The van der Waals surface area contributed by atoms with Gasteiger partial charge in [-0.2, -0.15) is 0 Å². The first-order chi connectivity index (χ1) is 15.0. The van der Waals surface area contributed by atoms with E-state index in [0.717, 1.165) is 21.7 Å². The number of rotatable bonds is 10. The molecule has 1 amide bonds. The third-order valence-electron chi connectivity index (χ3n) is 4.81. The van der Waals surface area contributed by atoms with Crippen molar-refractivity contribution in [3.05, 3.63) is 53.6 Å². The lowest BCUT2D eigenvalue weighted by Crippen LogP contribution is -2.40. The molecule has 2 rings (SSSR count). The van der Waals surface area contributed by atoms with Gasteiger partial charge in [0.15, 0.2) is 11.5 Å². The van der Waals surface area contributed by atoms with Crippen molar-refractivity contribution >= 4 is 21.6 Å². The molecule has 0 bridgehead atoms. The summed E-state index contributed by atoms with van der Waals surface area (Å²) in [5.41, 5.74) is 2.31. The molecular formula is C24H34N2O5S. The van der Waals surface area contributed by atoms with Crippen molar-refractivity contribution in [2.45, 2.75) is 46.6 Å². The van der Waals surface area contributed by atoms with Gasteiger partial charge in [-0.1, -0.05) is 39.0 Å². The lowest BCUT2D eigenvalue weighted by Gasteiger charge is -2.24. The van der Waals surface area contributed by atoms with Gasteiger partial charge in [-0.05, 0) is 54.7 Å². The Labute approximate surface area is 191 Å². The molecule has 0 radical (unpaired) electrons. The van der Waals surface area contributed by atoms with E-state index in [1.807, 2.05) is 38.1 Å². The van der Waals surface area contributed by atoms with Gasteiger partial charge in [0.1, 0.15) is 6.54 Å². The number of sulfonamides is 1. The highest BCUT2D eigenvalue weighted by Gasteiger charge is 2.22. The minimum absolute atomic E-state index is 0.0517. The van der Waals surface area contributed by atoms with Gasteiger partial charge < -0.3 is 14.8 Å².